The van der Waals surface area contributed by atoms with Crippen molar-refractivity contribution in [2.24, 2.45) is 0 Å². The van der Waals surface area contributed by atoms with Gasteiger partial charge in [-0.15, -0.1) is 0 Å². The summed E-state index contributed by atoms with van der Waals surface area (Å²) in [5.74, 6) is -0.401. The number of para-hydroxylation sites is 1. The Hall–Kier alpha value is -3.66. The Morgan fingerprint density at radius 1 is 1.00 bits per heavy atom. The van der Waals surface area contributed by atoms with Gasteiger partial charge in [0, 0.05) is 0 Å². The van der Waals surface area contributed by atoms with Crippen LogP contribution in [0.5, 0.6) is 11.5 Å². The monoisotopic (exact) mass is 582 g/mol. The van der Waals surface area contributed by atoms with Crippen molar-refractivity contribution in [2.45, 2.75) is 20.0 Å². The third kappa shape index (κ3) is 5.22. The Labute approximate surface area is 216 Å². The van der Waals surface area contributed by atoms with Crippen LogP contribution in [-0.2, 0) is 22.6 Å². The lowest BCUT2D eigenvalue weighted by Crippen LogP contribution is -2.54. The lowest BCUT2D eigenvalue weighted by Gasteiger charge is -2.28. The molecular formula is C27H23IN2O5. The van der Waals surface area contributed by atoms with Gasteiger partial charge in [0.15, 0.2) is 11.5 Å². The number of hydrogen-bond acceptors (Lipinski definition) is 5. The summed E-state index contributed by atoms with van der Waals surface area (Å²) in [4.78, 5) is 39.5. The number of nitrogens with zero attached hydrogens (tertiary/aromatic N) is 1. The first-order valence-corrected chi connectivity index (χ1v) is 12.0. The van der Waals surface area contributed by atoms with Crippen LogP contribution in [0, 0.1) is 3.57 Å². The predicted molar refractivity (Wildman–Crippen MR) is 141 cm³/mol. The van der Waals surface area contributed by atoms with E-state index in [2.05, 4.69) is 27.9 Å². The van der Waals surface area contributed by atoms with Crippen molar-refractivity contribution in [3.05, 3.63) is 92.6 Å². The average molecular weight is 582 g/mol. The Morgan fingerprint density at radius 2 is 1.71 bits per heavy atom. The largest absolute Gasteiger partial charge is 0.493 e. The zero-order valence-corrected chi connectivity index (χ0v) is 21.4. The van der Waals surface area contributed by atoms with Crippen molar-refractivity contribution < 1.29 is 23.9 Å². The third-order valence-corrected chi connectivity index (χ3v) is 6.31. The van der Waals surface area contributed by atoms with E-state index in [0.29, 0.717) is 35.8 Å². The molecule has 1 fully saturated rings. The molecule has 0 atom stereocenters. The van der Waals surface area contributed by atoms with E-state index >= 15 is 0 Å². The molecule has 1 saturated heterocycles. The number of benzene rings is 3. The molecule has 0 aliphatic carbocycles. The first kappa shape index (κ1) is 24.5. The molecule has 35 heavy (non-hydrogen) atoms. The maximum atomic E-state index is 13.3. The predicted octanol–water partition coefficient (Wildman–Crippen LogP) is 5.11. The highest BCUT2D eigenvalue weighted by molar-refractivity contribution is 14.1. The Bertz CT molecular complexity index is 1320. The molecule has 0 unspecified atom stereocenters. The van der Waals surface area contributed by atoms with Crippen LogP contribution in [-0.4, -0.2) is 25.0 Å². The molecule has 0 bridgehead atoms. The maximum absolute atomic E-state index is 13.3. The van der Waals surface area contributed by atoms with Crippen molar-refractivity contribution in [1.82, 2.24) is 5.32 Å². The van der Waals surface area contributed by atoms with Gasteiger partial charge in [0.1, 0.15) is 12.2 Å². The highest BCUT2D eigenvalue weighted by Crippen LogP contribution is 2.35. The lowest BCUT2D eigenvalue weighted by molar-refractivity contribution is -0.122. The molecule has 4 amide bonds. The molecule has 1 N–H and O–H groups in total. The molecule has 8 heteroatoms. The number of hydrogen-bond donors (Lipinski definition) is 1. The number of amides is 4. The van der Waals surface area contributed by atoms with Gasteiger partial charge in [-0.3, -0.25) is 14.9 Å². The van der Waals surface area contributed by atoms with E-state index in [-0.39, 0.29) is 5.57 Å². The van der Waals surface area contributed by atoms with Gasteiger partial charge in [-0.1, -0.05) is 55.5 Å². The number of nitrogens with one attached hydrogen (secondary N) is 1. The standard InChI is InChI=1S/C27H23IN2O5/c1-3-19-11-7-8-12-22(19)30-26(32)20(25(31)29-27(30)33)13-18-14-21(28)24(23(15-18)34-2)35-16-17-9-5-4-6-10-17/h4-15H,3,16H2,1-2H3,(H,29,31,33)/b20-13-. The van der Waals surface area contributed by atoms with Crippen LogP contribution in [0.15, 0.2) is 72.3 Å². The molecule has 1 aliphatic heterocycles. The van der Waals surface area contributed by atoms with Gasteiger partial charge in [0.2, 0.25) is 0 Å². The molecule has 0 radical (unpaired) electrons. The minimum Gasteiger partial charge on any atom is -0.493 e. The number of carbonyl (C=O) groups is 3. The quantitative estimate of drug-likeness (QED) is 0.238. The topological polar surface area (TPSA) is 84.9 Å². The van der Waals surface area contributed by atoms with Crippen LogP contribution < -0.4 is 19.7 Å². The Kier molecular flexibility index (Phi) is 7.50. The van der Waals surface area contributed by atoms with Crippen LogP contribution in [0.25, 0.3) is 6.08 Å². The number of rotatable bonds is 7. The Morgan fingerprint density at radius 3 is 2.43 bits per heavy atom. The van der Waals surface area contributed by atoms with E-state index in [0.717, 1.165) is 19.6 Å². The number of anilines is 1. The average Bonchev–Trinajstić information content (AvgIpc) is 2.86. The molecule has 4 rings (SSSR count). The molecule has 3 aromatic rings. The van der Waals surface area contributed by atoms with Crippen molar-refractivity contribution in [2.75, 3.05) is 12.0 Å². The van der Waals surface area contributed by atoms with Crippen molar-refractivity contribution >= 4 is 52.2 Å². The minimum atomic E-state index is -0.769. The summed E-state index contributed by atoms with van der Waals surface area (Å²) >= 11 is 2.12. The fourth-order valence-electron chi connectivity index (χ4n) is 3.76. The van der Waals surface area contributed by atoms with Crippen LogP contribution in [0.1, 0.15) is 23.6 Å². The molecule has 0 spiro atoms. The van der Waals surface area contributed by atoms with Gasteiger partial charge in [-0.25, -0.2) is 9.69 Å². The SMILES string of the molecule is CCc1ccccc1N1C(=O)NC(=O)/C(=C/c2cc(I)c(OCc3ccccc3)c(OC)c2)C1=O. The van der Waals surface area contributed by atoms with Gasteiger partial charge in [0.05, 0.1) is 16.4 Å². The zero-order chi connectivity index (χ0) is 24.9. The number of barbiturate groups is 1. The second-order valence-corrected chi connectivity index (χ2v) is 8.91. The van der Waals surface area contributed by atoms with Crippen molar-refractivity contribution in [1.29, 1.82) is 0 Å². The number of carbonyl (C=O) groups excluding carboxylic acids is 3. The normalized spacial score (nSPS) is 14.8. The van der Waals surface area contributed by atoms with Gasteiger partial charge >= 0.3 is 6.03 Å². The first-order valence-electron chi connectivity index (χ1n) is 11.0. The van der Waals surface area contributed by atoms with Gasteiger partial charge < -0.3 is 9.47 Å². The van der Waals surface area contributed by atoms with E-state index in [1.54, 1.807) is 24.3 Å². The summed E-state index contributed by atoms with van der Waals surface area (Å²) in [6.45, 7) is 2.30. The van der Waals surface area contributed by atoms with Gasteiger partial charge in [-0.2, -0.15) is 0 Å². The summed E-state index contributed by atoms with van der Waals surface area (Å²) in [6.07, 6.45) is 2.08. The molecule has 1 heterocycles. The fraction of sp³-hybridized carbons (Fsp3) is 0.148. The van der Waals surface area contributed by atoms with Crippen LogP contribution in [0.4, 0.5) is 10.5 Å². The van der Waals surface area contributed by atoms with E-state index in [9.17, 15) is 14.4 Å². The molecule has 0 aromatic heterocycles. The van der Waals surface area contributed by atoms with Crippen LogP contribution >= 0.6 is 22.6 Å². The van der Waals surface area contributed by atoms with Gasteiger partial charge in [0.25, 0.3) is 11.8 Å². The zero-order valence-electron chi connectivity index (χ0n) is 19.2. The summed E-state index contributed by atoms with van der Waals surface area (Å²) in [7, 11) is 1.53. The number of methoxy groups -OCH3 is 1. The van der Waals surface area contributed by atoms with E-state index in [1.807, 2.05) is 49.4 Å². The summed E-state index contributed by atoms with van der Waals surface area (Å²) in [5, 5.41) is 2.27. The summed E-state index contributed by atoms with van der Waals surface area (Å²) < 4.78 is 12.3. The minimum absolute atomic E-state index is 0.147. The lowest BCUT2D eigenvalue weighted by atomic mass is 10.0. The molecule has 178 valence electrons. The highest BCUT2D eigenvalue weighted by Gasteiger charge is 2.37. The number of halogens is 1. The fourth-order valence-corrected chi connectivity index (χ4v) is 4.54. The molecule has 1 aliphatic rings. The number of urea groups is 1. The summed E-state index contributed by atoms with van der Waals surface area (Å²) in [5.41, 5.74) is 2.70. The molecular weight excluding hydrogens is 559 g/mol. The number of aryl methyl sites for hydroxylation is 1. The van der Waals surface area contributed by atoms with Crippen LogP contribution in [0.3, 0.4) is 0 Å². The van der Waals surface area contributed by atoms with E-state index in [1.165, 1.54) is 13.2 Å². The van der Waals surface area contributed by atoms with E-state index in [4.69, 9.17) is 9.47 Å². The smallest absolute Gasteiger partial charge is 0.335 e. The first-order chi connectivity index (χ1) is 16.9. The Balaban J connectivity index is 1.67. The highest BCUT2D eigenvalue weighted by atomic mass is 127. The van der Waals surface area contributed by atoms with E-state index < -0.39 is 17.8 Å². The van der Waals surface area contributed by atoms with Crippen LogP contribution in [0.2, 0.25) is 0 Å². The molecule has 0 saturated carbocycles. The maximum Gasteiger partial charge on any atom is 0.335 e. The van der Waals surface area contributed by atoms with Crippen molar-refractivity contribution in [3.63, 3.8) is 0 Å². The second kappa shape index (κ2) is 10.7. The number of imide groups is 2. The third-order valence-electron chi connectivity index (χ3n) is 5.50. The van der Waals surface area contributed by atoms with Crippen molar-refractivity contribution in [3.8, 4) is 11.5 Å². The summed E-state index contributed by atoms with van der Waals surface area (Å²) in [6, 6.07) is 19.6. The van der Waals surface area contributed by atoms with Gasteiger partial charge in [-0.05, 0) is 70.0 Å². The second-order valence-electron chi connectivity index (χ2n) is 7.75. The molecule has 3 aromatic carbocycles. The molecule has 7 nitrogen and oxygen atoms in total. The number of ether oxygens (including phenoxy) is 2.